The van der Waals surface area contributed by atoms with Crippen molar-refractivity contribution in [3.63, 3.8) is 0 Å². The van der Waals surface area contributed by atoms with Crippen LogP contribution in [0.25, 0.3) is 0 Å². The number of rotatable bonds is 4. The van der Waals surface area contributed by atoms with Crippen molar-refractivity contribution in [1.29, 1.82) is 0 Å². The second-order valence-electron chi connectivity index (χ2n) is 6.75. The monoisotopic (exact) mass is 412 g/mol. The number of hydrogen-bond donors (Lipinski definition) is 0. The highest BCUT2D eigenvalue weighted by atomic mass is 79.9. The molecule has 1 aliphatic heterocycles. The number of terminal acetylenes is 1. The van der Waals surface area contributed by atoms with Crippen molar-refractivity contribution >= 4 is 34.0 Å². The molecule has 1 saturated heterocycles. The van der Waals surface area contributed by atoms with Crippen LogP contribution >= 0.6 is 15.9 Å². The third-order valence-corrected chi connectivity index (χ3v) is 5.82. The fourth-order valence-electron chi connectivity index (χ4n) is 4.16. The van der Waals surface area contributed by atoms with Gasteiger partial charge in [0.25, 0.3) is 11.8 Å². The Bertz CT molecular complexity index is 838. The summed E-state index contributed by atoms with van der Waals surface area (Å²) in [4.78, 5) is 25.6. The number of carbonyl (C=O) groups excluding carboxylic acids is 2. The maximum Gasteiger partial charge on any atom is 0.254 e. The number of benzene rings is 1. The molecule has 6 heteroatoms. The van der Waals surface area contributed by atoms with Gasteiger partial charge >= 0.3 is 0 Å². The number of fused-ring (bicyclic) bond motifs is 1. The molecule has 4 atom stereocenters. The number of hydrazone groups is 1. The van der Waals surface area contributed by atoms with Gasteiger partial charge in [0.2, 0.25) is 0 Å². The van der Waals surface area contributed by atoms with E-state index in [9.17, 15) is 9.59 Å². The predicted molar refractivity (Wildman–Crippen MR) is 100 cm³/mol. The van der Waals surface area contributed by atoms with Crippen LogP contribution in [0.15, 0.2) is 39.9 Å². The van der Waals surface area contributed by atoms with Crippen LogP contribution in [0.3, 0.4) is 0 Å². The fraction of sp³-hybridized carbons (Fsp3) is 0.350. The molecule has 5 rings (SSSR count). The molecule has 0 aromatic heterocycles. The highest BCUT2D eigenvalue weighted by Gasteiger charge is 2.56. The molecule has 0 unspecified atom stereocenters. The van der Waals surface area contributed by atoms with Crippen LogP contribution in [-0.2, 0) is 9.59 Å². The number of imide groups is 1. The van der Waals surface area contributed by atoms with E-state index in [0.717, 1.165) is 22.3 Å². The number of carbonyl (C=O) groups is 2. The minimum Gasteiger partial charge on any atom is -0.480 e. The molecule has 1 heterocycles. The zero-order valence-corrected chi connectivity index (χ0v) is 15.6. The Kier molecular flexibility index (Phi) is 4.41. The van der Waals surface area contributed by atoms with Crippen LogP contribution in [-0.4, -0.2) is 29.6 Å². The van der Waals surface area contributed by atoms with Gasteiger partial charge in [-0.1, -0.05) is 34.0 Å². The lowest BCUT2D eigenvalue weighted by Crippen LogP contribution is -2.38. The van der Waals surface area contributed by atoms with Gasteiger partial charge < -0.3 is 4.74 Å². The van der Waals surface area contributed by atoms with E-state index < -0.39 is 0 Å². The number of nitrogens with zero attached hydrogens (tertiary/aromatic N) is 2. The molecule has 2 bridgehead atoms. The first-order valence-corrected chi connectivity index (χ1v) is 9.35. The quantitative estimate of drug-likeness (QED) is 0.330. The van der Waals surface area contributed by atoms with E-state index in [1.54, 1.807) is 12.1 Å². The lowest BCUT2D eigenvalue weighted by molar-refractivity contribution is -0.140. The number of ether oxygens (including phenoxy) is 1. The molecule has 26 heavy (non-hydrogen) atoms. The number of hydrogen-bond acceptors (Lipinski definition) is 4. The van der Waals surface area contributed by atoms with Crippen molar-refractivity contribution in [3.8, 4) is 18.1 Å². The Balaban J connectivity index is 1.60. The van der Waals surface area contributed by atoms with Crippen LogP contribution in [0.4, 0.5) is 0 Å². The van der Waals surface area contributed by atoms with Gasteiger partial charge in [-0.05, 0) is 42.9 Å². The molecule has 1 aromatic carbocycles. The summed E-state index contributed by atoms with van der Waals surface area (Å²) < 4.78 is 6.34. The highest BCUT2D eigenvalue weighted by molar-refractivity contribution is 9.10. The van der Waals surface area contributed by atoms with Crippen molar-refractivity contribution in [2.45, 2.75) is 12.8 Å². The number of allylic oxidation sites excluding steroid dienone is 2. The van der Waals surface area contributed by atoms with Gasteiger partial charge in [0.15, 0.2) is 0 Å². The van der Waals surface area contributed by atoms with Gasteiger partial charge in [0, 0.05) is 10.0 Å². The summed E-state index contributed by atoms with van der Waals surface area (Å²) in [6, 6.07) is 5.40. The maximum atomic E-state index is 12.8. The van der Waals surface area contributed by atoms with Gasteiger partial charge in [-0.15, -0.1) is 6.42 Å². The van der Waals surface area contributed by atoms with E-state index in [1.807, 2.05) is 6.07 Å². The smallest absolute Gasteiger partial charge is 0.254 e. The summed E-state index contributed by atoms with van der Waals surface area (Å²) in [6.45, 7) is 0.128. The molecule has 1 saturated carbocycles. The zero-order valence-electron chi connectivity index (χ0n) is 14.0. The molecule has 0 radical (unpaired) electrons. The summed E-state index contributed by atoms with van der Waals surface area (Å²) in [5.74, 6) is 2.36. The molecule has 4 aliphatic rings. The van der Waals surface area contributed by atoms with E-state index >= 15 is 0 Å². The van der Waals surface area contributed by atoms with Gasteiger partial charge in [-0.3, -0.25) is 9.59 Å². The normalized spacial score (nSPS) is 29.3. The first kappa shape index (κ1) is 17.0. The number of halogens is 1. The van der Waals surface area contributed by atoms with Crippen LogP contribution in [0.2, 0.25) is 0 Å². The average molecular weight is 413 g/mol. The molecule has 0 spiro atoms. The summed E-state index contributed by atoms with van der Waals surface area (Å²) in [5.41, 5.74) is 0.645. The van der Waals surface area contributed by atoms with Crippen LogP contribution in [0.5, 0.6) is 5.75 Å². The third-order valence-electron chi connectivity index (χ3n) is 5.33. The minimum absolute atomic E-state index is 0.128. The molecule has 5 nitrogen and oxygen atoms in total. The van der Waals surface area contributed by atoms with Crippen molar-refractivity contribution in [1.82, 2.24) is 5.01 Å². The Labute approximate surface area is 160 Å². The lowest BCUT2D eigenvalue weighted by atomic mass is 9.63. The minimum atomic E-state index is -0.261. The zero-order chi connectivity index (χ0) is 18.3. The first-order chi connectivity index (χ1) is 12.6. The van der Waals surface area contributed by atoms with Crippen molar-refractivity contribution in [3.05, 3.63) is 40.4 Å². The molecule has 1 aromatic rings. The van der Waals surface area contributed by atoms with Crippen LogP contribution in [0.1, 0.15) is 18.4 Å². The Hall–Kier alpha value is -2.39. The predicted octanol–water partition coefficient (Wildman–Crippen LogP) is 2.99. The fourth-order valence-corrected chi connectivity index (χ4v) is 4.54. The molecule has 3 aliphatic carbocycles. The topological polar surface area (TPSA) is 59.0 Å². The van der Waals surface area contributed by atoms with Gasteiger partial charge in [0.1, 0.15) is 12.4 Å². The SMILES string of the molecule is C#CCOc1ccc(Br)cc1/C=N\N1C(=O)[C@@H]2[C@@H](C1=O)[C@H]1C=C[C@@H]2CC1. The van der Waals surface area contributed by atoms with E-state index in [1.165, 1.54) is 6.21 Å². The molecular weight excluding hydrogens is 396 g/mol. The second-order valence-corrected chi connectivity index (χ2v) is 7.66. The van der Waals surface area contributed by atoms with Crippen molar-refractivity contribution in [2.75, 3.05) is 6.61 Å². The highest BCUT2D eigenvalue weighted by Crippen LogP contribution is 2.49. The van der Waals surface area contributed by atoms with Crippen LogP contribution in [0, 0.1) is 36.0 Å². The Morgan fingerprint density at radius 1 is 1.23 bits per heavy atom. The summed E-state index contributed by atoms with van der Waals surface area (Å²) in [6.07, 6.45) is 12.8. The van der Waals surface area contributed by atoms with Crippen molar-refractivity contribution < 1.29 is 14.3 Å². The summed E-state index contributed by atoms with van der Waals surface area (Å²) in [5, 5.41) is 5.26. The first-order valence-electron chi connectivity index (χ1n) is 8.56. The van der Waals surface area contributed by atoms with Gasteiger partial charge in [0.05, 0.1) is 18.1 Å². The largest absolute Gasteiger partial charge is 0.480 e. The molecular formula is C20H17BrN2O3. The third kappa shape index (κ3) is 2.77. The molecule has 2 amide bonds. The maximum absolute atomic E-state index is 12.8. The molecule has 2 fully saturated rings. The van der Waals surface area contributed by atoms with E-state index in [-0.39, 0.29) is 42.1 Å². The summed E-state index contributed by atoms with van der Waals surface area (Å²) >= 11 is 3.40. The molecule has 132 valence electrons. The summed E-state index contributed by atoms with van der Waals surface area (Å²) in [7, 11) is 0. The van der Waals surface area contributed by atoms with Gasteiger partial charge in [-0.25, -0.2) is 0 Å². The second kappa shape index (κ2) is 6.73. The van der Waals surface area contributed by atoms with E-state index in [4.69, 9.17) is 11.2 Å². The average Bonchev–Trinajstić information content (AvgIpc) is 2.93. The van der Waals surface area contributed by atoms with Crippen LogP contribution < -0.4 is 4.74 Å². The Morgan fingerprint density at radius 2 is 1.88 bits per heavy atom. The van der Waals surface area contributed by atoms with Crippen molar-refractivity contribution in [2.24, 2.45) is 28.8 Å². The molecule has 0 N–H and O–H groups in total. The van der Waals surface area contributed by atoms with E-state index in [2.05, 4.69) is 39.1 Å². The van der Waals surface area contributed by atoms with E-state index in [0.29, 0.717) is 11.3 Å². The number of amides is 2. The lowest BCUT2D eigenvalue weighted by Gasteiger charge is -2.37. The standard InChI is InChI=1S/C20H17BrN2O3/c1-2-9-26-16-8-7-15(21)10-14(16)11-22-23-19(24)17-12-3-4-13(6-5-12)18(17)20(23)25/h1,3-4,7-8,10-13,17-18H,5-6,9H2/b22-11-/t12-,13+,17-,18-/m0/s1. The Morgan fingerprint density at radius 3 is 2.46 bits per heavy atom. The van der Waals surface area contributed by atoms with Gasteiger partial charge in [-0.2, -0.15) is 10.1 Å².